The van der Waals surface area contributed by atoms with Crippen LogP contribution in [0.25, 0.3) is 0 Å². The molecule has 1 aliphatic heterocycles. The molecule has 18 heavy (non-hydrogen) atoms. The number of carboxylic acids is 1. The highest BCUT2D eigenvalue weighted by atomic mass is 19.4. The van der Waals surface area contributed by atoms with Gasteiger partial charge < -0.3 is 9.84 Å². The molecule has 1 unspecified atom stereocenters. The molecule has 1 atom stereocenters. The van der Waals surface area contributed by atoms with E-state index in [4.69, 9.17) is 9.84 Å². The molecule has 0 aliphatic carbocycles. The molecular weight excluding hydrogens is 251 g/mol. The zero-order valence-electron chi connectivity index (χ0n) is 8.94. The zero-order chi connectivity index (χ0) is 13.3. The Bertz CT molecular complexity index is 493. The number of hydrogen-bond acceptors (Lipinski definition) is 3. The fourth-order valence-corrected chi connectivity index (χ4v) is 1.46. The van der Waals surface area contributed by atoms with E-state index < -0.39 is 23.8 Å². The minimum atomic E-state index is -4.40. The number of aliphatic carboxylic acids is 1. The minimum Gasteiger partial charge on any atom is -0.478 e. The van der Waals surface area contributed by atoms with Gasteiger partial charge in [0, 0.05) is 5.56 Å². The van der Waals surface area contributed by atoms with Crippen molar-refractivity contribution < 1.29 is 27.8 Å². The van der Waals surface area contributed by atoms with E-state index in [9.17, 15) is 18.0 Å². The number of aliphatic imine (C=N–C) groups is 1. The summed E-state index contributed by atoms with van der Waals surface area (Å²) in [7, 11) is 0. The van der Waals surface area contributed by atoms with Crippen molar-refractivity contribution in [3.63, 3.8) is 0 Å². The number of carboxylic acid groups (broad SMARTS) is 1. The van der Waals surface area contributed by atoms with Gasteiger partial charge in [-0.2, -0.15) is 13.2 Å². The van der Waals surface area contributed by atoms with Crippen LogP contribution < -0.4 is 0 Å². The number of ether oxygens (including phenoxy) is 1. The molecule has 0 bridgehead atoms. The van der Waals surface area contributed by atoms with Crippen LogP contribution in [0.5, 0.6) is 0 Å². The zero-order valence-corrected chi connectivity index (χ0v) is 8.94. The van der Waals surface area contributed by atoms with Gasteiger partial charge in [0.25, 0.3) is 0 Å². The standard InChI is InChI=1S/C11H8F3NO3/c12-11(13,14)7-3-1-6(2-4-7)9-15-5-8(18-9)10(16)17/h1-4,8H,5H2,(H,16,17). The van der Waals surface area contributed by atoms with Crippen molar-refractivity contribution in [2.75, 3.05) is 6.54 Å². The van der Waals surface area contributed by atoms with Crippen LogP contribution in [0.3, 0.4) is 0 Å². The maximum atomic E-state index is 12.3. The van der Waals surface area contributed by atoms with Crippen LogP contribution in [0.4, 0.5) is 13.2 Å². The molecule has 2 rings (SSSR count). The van der Waals surface area contributed by atoms with Crippen molar-refractivity contribution >= 4 is 11.9 Å². The summed E-state index contributed by atoms with van der Waals surface area (Å²) < 4.78 is 42.0. The summed E-state index contributed by atoms with van der Waals surface area (Å²) in [6.45, 7) is -0.0360. The predicted octanol–water partition coefficient (Wildman–Crippen LogP) is 1.94. The molecule has 1 N–H and O–H groups in total. The van der Waals surface area contributed by atoms with Gasteiger partial charge in [0.05, 0.1) is 12.1 Å². The fourth-order valence-electron chi connectivity index (χ4n) is 1.46. The van der Waals surface area contributed by atoms with Crippen molar-refractivity contribution in [2.45, 2.75) is 12.3 Å². The molecule has 0 saturated carbocycles. The van der Waals surface area contributed by atoms with E-state index in [2.05, 4.69) is 4.99 Å². The quantitative estimate of drug-likeness (QED) is 0.882. The number of rotatable bonds is 2. The van der Waals surface area contributed by atoms with Crippen LogP contribution in [-0.2, 0) is 15.7 Å². The predicted molar refractivity (Wildman–Crippen MR) is 55.4 cm³/mol. The van der Waals surface area contributed by atoms with Gasteiger partial charge in [-0.05, 0) is 24.3 Å². The molecule has 1 aromatic carbocycles. The van der Waals surface area contributed by atoms with Gasteiger partial charge >= 0.3 is 12.1 Å². The van der Waals surface area contributed by atoms with Gasteiger partial charge in [-0.25, -0.2) is 9.79 Å². The molecule has 0 saturated heterocycles. The Kier molecular flexibility index (Phi) is 2.98. The minimum absolute atomic E-state index is 0.0360. The summed E-state index contributed by atoms with van der Waals surface area (Å²) >= 11 is 0. The maximum Gasteiger partial charge on any atom is 0.416 e. The monoisotopic (exact) mass is 259 g/mol. The summed E-state index contributed by atoms with van der Waals surface area (Å²) in [5.74, 6) is -1.10. The van der Waals surface area contributed by atoms with Crippen LogP contribution in [0.15, 0.2) is 29.3 Å². The van der Waals surface area contributed by atoms with Crippen molar-refractivity contribution in [3.05, 3.63) is 35.4 Å². The summed E-state index contributed by atoms with van der Waals surface area (Å²) in [6.07, 6.45) is -5.47. The highest BCUT2D eigenvalue weighted by molar-refractivity contribution is 5.97. The second kappa shape index (κ2) is 4.32. The molecule has 7 heteroatoms. The van der Waals surface area contributed by atoms with E-state index in [1.807, 2.05) is 0 Å². The largest absolute Gasteiger partial charge is 0.478 e. The molecule has 1 heterocycles. The molecule has 1 aromatic rings. The van der Waals surface area contributed by atoms with Gasteiger partial charge in [-0.1, -0.05) is 0 Å². The number of carbonyl (C=O) groups is 1. The summed E-state index contributed by atoms with van der Waals surface area (Å²) in [4.78, 5) is 14.4. The average molecular weight is 259 g/mol. The Morgan fingerprint density at radius 3 is 2.39 bits per heavy atom. The first-order valence-electron chi connectivity index (χ1n) is 4.99. The third kappa shape index (κ3) is 2.44. The lowest BCUT2D eigenvalue weighted by Gasteiger charge is -2.08. The smallest absolute Gasteiger partial charge is 0.416 e. The SMILES string of the molecule is O=C(O)C1CN=C(c2ccc(C(F)(F)F)cc2)O1. The van der Waals surface area contributed by atoms with Crippen molar-refractivity contribution in [2.24, 2.45) is 4.99 Å². The molecule has 96 valence electrons. The van der Waals surface area contributed by atoms with E-state index in [1.165, 1.54) is 12.1 Å². The van der Waals surface area contributed by atoms with E-state index in [0.717, 1.165) is 12.1 Å². The van der Waals surface area contributed by atoms with Gasteiger partial charge in [-0.15, -0.1) is 0 Å². The molecule has 0 fully saturated rings. The lowest BCUT2D eigenvalue weighted by atomic mass is 10.1. The summed E-state index contributed by atoms with van der Waals surface area (Å²) in [5.41, 5.74) is -0.452. The van der Waals surface area contributed by atoms with E-state index >= 15 is 0 Å². The molecule has 0 spiro atoms. The highest BCUT2D eigenvalue weighted by Gasteiger charge is 2.31. The first kappa shape index (κ1) is 12.4. The maximum absolute atomic E-state index is 12.3. The summed E-state index contributed by atoms with van der Waals surface area (Å²) in [6, 6.07) is 4.20. The number of halogens is 3. The Labute approximate surface area is 99.7 Å². The van der Waals surface area contributed by atoms with Crippen molar-refractivity contribution in [1.29, 1.82) is 0 Å². The van der Waals surface area contributed by atoms with E-state index in [0.29, 0.717) is 5.56 Å². The third-order valence-electron chi connectivity index (χ3n) is 2.39. The second-order valence-electron chi connectivity index (χ2n) is 3.67. The van der Waals surface area contributed by atoms with Crippen LogP contribution in [0.2, 0.25) is 0 Å². The van der Waals surface area contributed by atoms with Gasteiger partial charge in [0.1, 0.15) is 0 Å². The third-order valence-corrected chi connectivity index (χ3v) is 2.39. The van der Waals surface area contributed by atoms with Gasteiger partial charge in [0.2, 0.25) is 12.0 Å². The number of nitrogens with zero attached hydrogens (tertiary/aromatic N) is 1. The van der Waals surface area contributed by atoms with Crippen molar-refractivity contribution in [1.82, 2.24) is 0 Å². The van der Waals surface area contributed by atoms with Crippen molar-refractivity contribution in [3.8, 4) is 0 Å². The Morgan fingerprint density at radius 1 is 1.33 bits per heavy atom. The molecule has 1 aliphatic rings. The number of alkyl halides is 3. The first-order chi connectivity index (χ1) is 8.38. The highest BCUT2D eigenvalue weighted by Crippen LogP contribution is 2.29. The normalized spacial score (nSPS) is 19.3. The first-order valence-corrected chi connectivity index (χ1v) is 4.99. The Balaban J connectivity index is 2.15. The molecule has 0 aromatic heterocycles. The number of hydrogen-bond donors (Lipinski definition) is 1. The lowest BCUT2D eigenvalue weighted by molar-refractivity contribution is -0.144. The average Bonchev–Trinajstić information content (AvgIpc) is 2.77. The van der Waals surface area contributed by atoms with Gasteiger partial charge in [-0.3, -0.25) is 0 Å². The Hall–Kier alpha value is -2.05. The topological polar surface area (TPSA) is 58.9 Å². The lowest BCUT2D eigenvalue weighted by Crippen LogP contribution is -2.24. The second-order valence-corrected chi connectivity index (χ2v) is 3.67. The van der Waals surface area contributed by atoms with E-state index in [1.54, 1.807) is 0 Å². The fraction of sp³-hybridized carbons (Fsp3) is 0.273. The molecule has 0 radical (unpaired) electrons. The Morgan fingerprint density at radius 2 is 1.94 bits per heavy atom. The van der Waals surface area contributed by atoms with Crippen LogP contribution >= 0.6 is 0 Å². The molecule has 0 amide bonds. The van der Waals surface area contributed by atoms with Gasteiger partial charge in [0.15, 0.2) is 0 Å². The summed E-state index contributed by atoms with van der Waals surface area (Å²) in [5, 5.41) is 8.68. The van der Waals surface area contributed by atoms with Crippen LogP contribution in [0, 0.1) is 0 Å². The van der Waals surface area contributed by atoms with E-state index in [-0.39, 0.29) is 12.4 Å². The van der Waals surface area contributed by atoms with Crippen LogP contribution in [-0.4, -0.2) is 29.6 Å². The number of benzene rings is 1. The molecular formula is C11H8F3NO3. The van der Waals surface area contributed by atoms with Crippen LogP contribution in [0.1, 0.15) is 11.1 Å². The molecule has 4 nitrogen and oxygen atoms in total.